The van der Waals surface area contributed by atoms with E-state index >= 15 is 0 Å². The van der Waals surface area contributed by atoms with E-state index in [0.717, 1.165) is 0 Å². The zero-order chi connectivity index (χ0) is 12.3. The van der Waals surface area contributed by atoms with Gasteiger partial charge in [-0.3, -0.25) is 0 Å². The molecule has 0 aromatic heterocycles. The zero-order valence-corrected chi connectivity index (χ0v) is 8.24. The molecule has 0 bridgehead atoms. The van der Waals surface area contributed by atoms with Crippen LogP contribution in [-0.2, 0) is 0 Å². The predicted molar refractivity (Wildman–Crippen MR) is 49.9 cm³/mol. The van der Waals surface area contributed by atoms with E-state index in [4.69, 9.17) is 10.5 Å². The van der Waals surface area contributed by atoms with Crippen molar-refractivity contribution in [3.63, 3.8) is 0 Å². The zero-order valence-electron chi connectivity index (χ0n) is 8.24. The number of nitrogens with zero attached hydrogens (tertiary/aromatic N) is 2. The maximum absolute atomic E-state index is 13.5. The fourth-order valence-electron chi connectivity index (χ4n) is 1.20. The molecule has 0 saturated carbocycles. The molecular formula is C10H6F3N3. The topological polar surface area (TPSA) is 59.6 Å². The first-order valence-corrected chi connectivity index (χ1v) is 4.32. The predicted octanol–water partition coefficient (Wildman–Crippen LogP) is 2.28. The SMILES string of the molecule is CCNc1c(F)c(F)c(C#N)c(C#N)c1F. The molecule has 0 fully saturated rings. The third-order valence-electron chi connectivity index (χ3n) is 1.90. The van der Waals surface area contributed by atoms with Gasteiger partial charge in [-0.15, -0.1) is 0 Å². The Bertz CT molecular complexity index is 512. The fraction of sp³-hybridized carbons (Fsp3) is 0.200. The van der Waals surface area contributed by atoms with Crippen LogP contribution in [0.2, 0.25) is 0 Å². The molecule has 1 aromatic carbocycles. The van der Waals surface area contributed by atoms with Crippen molar-refractivity contribution in [3.05, 3.63) is 28.6 Å². The summed E-state index contributed by atoms with van der Waals surface area (Å²) in [5, 5.41) is 19.3. The summed E-state index contributed by atoms with van der Waals surface area (Å²) in [5.74, 6) is -4.26. The first kappa shape index (κ1) is 11.9. The van der Waals surface area contributed by atoms with E-state index in [9.17, 15) is 13.2 Å². The van der Waals surface area contributed by atoms with Gasteiger partial charge < -0.3 is 5.32 Å². The van der Waals surface area contributed by atoms with Gasteiger partial charge in [0.05, 0.1) is 0 Å². The average Bonchev–Trinajstić information content (AvgIpc) is 2.29. The van der Waals surface area contributed by atoms with Crippen LogP contribution in [0, 0.1) is 40.1 Å². The fourth-order valence-corrected chi connectivity index (χ4v) is 1.20. The van der Waals surface area contributed by atoms with Gasteiger partial charge in [0.25, 0.3) is 0 Å². The Morgan fingerprint density at radius 1 is 1.00 bits per heavy atom. The third-order valence-corrected chi connectivity index (χ3v) is 1.90. The summed E-state index contributed by atoms with van der Waals surface area (Å²) in [5.41, 5.74) is -2.44. The summed E-state index contributed by atoms with van der Waals surface area (Å²) < 4.78 is 40.0. The van der Waals surface area contributed by atoms with Crippen LogP contribution in [-0.4, -0.2) is 6.54 Å². The van der Waals surface area contributed by atoms with E-state index in [1.807, 2.05) is 0 Å². The van der Waals surface area contributed by atoms with Crippen LogP contribution in [0.25, 0.3) is 0 Å². The van der Waals surface area contributed by atoms with Crippen LogP contribution in [0.3, 0.4) is 0 Å². The summed E-state index contributed by atoms with van der Waals surface area (Å²) in [6.07, 6.45) is 0. The molecule has 0 aliphatic heterocycles. The van der Waals surface area contributed by atoms with Crippen LogP contribution >= 0.6 is 0 Å². The van der Waals surface area contributed by atoms with Gasteiger partial charge in [0.1, 0.15) is 29.0 Å². The van der Waals surface area contributed by atoms with Crippen molar-refractivity contribution in [2.75, 3.05) is 11.9 Å². The molecule has 82 valence electrons. The molecular weight excluding hydrogens is 219 g/mol. The summed E-state index contributed by atoms with van der Waals surface area (Å²) >= 11 is 0. The second-order valence-electron chi connectivity index (χ2n) is 2.82. The second-order valence-corrected chi connectivity index (χ2v) is 2.82. The Kier molecular flexibility index (Phi) is 3.37. The highest BCUT2D eigenvalue weighted by Crippen LogP contribution is 2.28. The first-order valence-electron chi connectivity index (χ1n) is 4.32. The van der Waals surface area contributed by atoms with E-state index in [-0.39, 0.29) is 6.54 Å². The maximum atomic E-state index is 13.5. The summed E-state index contributed by atoms with van der Waals surface area (Å²) in [6.45, 7) is 1.71. The minimum Gasteiger partial charge on any atom is -0.380 e. The standard InChI is InChI=1S/C10H6F3N3/c1-2-16-10-8(12)6(4-15)5(3-14)7(11)9(10)13/h16H,2H2,1H3. The number of anilines is 1. The molecule has 0 saturated heterocycles. The van der Waals surface area contributed by atoms with Gasteiger partial charge in [0.2, 0.25) is 0 Å². The Labute approximate surface area is 89.7 Å². The molecule has 0 radical (unpaired) electrons. The molecule has 1 N–H and O–H groups in total. The van der Waals surface area contributed by atoms with Crippen molar-refractivity contribution < 1.29 is 13.2 Å². The van der Waals surface area contributed by atoms with Gasteiger partial charge in [-0.25, -0.2) is 13.2 Å². The number of halogens is 3. The van der Waals surface area contributed by atoms with Crippen LogP contribution in [0.1, 0.15) is 18.1 Å². The third kappa shape index (κ3) is 1.66. The lowest BCUT2D eigenvalue weighted by molar-refractivity contribution is 0.495. The minimum atomic E-state index is -1.52. The van der Waals surface area contributed by atoms with Crippen molar-refractivity contribution in [1.82, 2.24) is 0 Å². The Morgan fingerprint density at radius 2 is 1.50 bits per heavy atom. The summed E-state index contributed by atoms with van der Waals surface area (Å²) in [7, 11) is 0. The Hall–Kier alpha value is -2.21. The number of hydrogen-bond donors (Lipinski definition) is 1. The lowest BCUT2D eigenvalue weighted by Gasteiger charge is -2.09. The minimum absolute atomic E-state index is 0.157. The van der Waals surface area contributed by atoms with E-state index < -0.39 is 34.3 Å². The van der Waals surface area contributed by atoms with E-state index in [1.165, 1.54) is 12.1 Å². The monoisotopic (exact) mass is 225 g/mol. The Morgan fingerprint density at radius 3 is 1.94 bits per heavy atom. The van der Waals surface area contributed by atoms with Gasteiger partial charge in [-0.1, -0.05) is 0 Å². The molecule has 0 aliphatic carbocycles. The number of rotatable bonds is 2. The molecule has 3 nitrogen and oxygen atoms in total. The van der Waals surface area contributed by atoms with Gasteiger partial charge in [0.15, 0.2) is 17.5 Å². The normalized spacial score (nSPS) is 9.38. The summed E-state index contributed by atoms with van der Waals surface area (Å²) in [4.78, 5) is 0. The highest BCUT2D eigenvalue weighted by Gasteiger charge is 2.24. The molecule has 0 atom stereocenters. The van der Waals surface area contributed by atoms with E-state index in [2.05, 4.69) is 5.32 Å². The van der Waals surface area contributed by atoms with Crippen LogP contribution in [0.5, 0.6) is 0 Å². The lowest BCUT2D eigenvalue weighted by atomic mass is 10.1. The molecule has 0 aliphatic rings. The van der Waals surface area contributed by atoms with Crippen LogP contribution in [0.15, 0.2) is 0 Å². The van der Waals surface area contributed by atoms with Crippen molar-refractivity contribution in [2.24, 2.45) is 0 Å². The quantitative estimate of drug-likeness (QED) is 0.785. The molecule has 6 heteroatoms. The number of benzene rings is 1. The number of hydrogen-bond acceptors (Lipinski definition) is 3. The van der Waals surface area contributed by atoms with E-state index in [0.29, 0.717) is 0 Å². The lowest BCUT2D eigenvalue weighted by Crippen LogP contribution is -2.08. The summed E-state index contributed by atoms with van der Waals surface area (Å²) in [6, 6.07) is 2.60. The molecule has 16 heavy (non-hydrogen) atoms. The number of nitrogens with one attached hydrogen (secondary N) is 1. The first-order chi connectivity index (χ1) is 7.58. The largest absolute Gasteiger partial charge is 0.380 e. The molecule has 0 spiro atoms. The molecule has 1 rings (SSSR count). The number of nitriles is 2. The Balaban J connectivity index is 3.66. The van der Waals surface area contributed by atoms with Gasteiger partial charge in [-0.05, 0) is 6.92 Å². The van der Waals surface area contributed by atoms with Crippen molar-refractivity contribution in [3.8, 4) is 12.1 Å². The van der Waals surface area contributed by atoms with Crippen LogP contribution < -0.4 is 5.32 Å². The molecule has 1 aromatic rings. The molecule has 0 heterocycles. The maximum Gasteiger partial charge on any atom is 0.186 e. The van der Waals surface area contributed by atoms with Crippen LogP contribution in [0.4, 0.5) is 18.9 Å². The van der Waals surface area contributed by atoms with Gasteiger partial charge >= 0.3 is 0 Å². The van der Waals surface area contributed by atoms with Crippen molar-refractivity contribution in [1.29, 1.82) is 10.5 Å². The average molecular weight is 225 g/mol. The highest BCUT2D eigenvalue weighted by molar-refractivity contribution is 5.59. The van der Waals surface area contributed by atoms with Crippen molar-refractivity contribution in [2.45, 2.75) is 6.92 Å². The molecule has 0 unspecified atom stereocenters. The van der Waals surface area contributed by atoms with Crippen molar-refractivity contribution >= 4 is 5.69 Å². The molecule has 0 amide bonds. The van der Waals surface area contributed by atoms with Gasteiger partial charge in [0, 0.05) is 6.54 Å². The highest BCUT2D eigenvalue weighted by atomic mass is 19.2. The van der Waals surface area contributed by atoms with E-state index in [1.54, 1.807) is 6.92 Å². The second kappa shape index (κ2) is 4.54. The van der Waals surface area contributed by atoms with Gasteiger partial charge in [-0.2, -0.15) is 10.5 Å². The smallest absolute Gasteiger partial charge is 0.186 e.